The Morgan fingerprint density at radius 1 is 1.24 bits per heavy atom. The van der Waals surface area contributed by atoms with E-state index in [4.69, 9.17) is 4.74 Å². The first kappa shape index (κ1) is 19.0. The van der Waals surface area contributed by atoms with Crippen LogP contribution in [-0.2, 0) is 29.6 Å². The van der Waals surface area contributed by atoms with Crippen LogP contribution in [0, 0.1) is 0 Å². The molecular formula is C22H24N4O3. The monoisotopic (exact) mass is 392 g/mol. The van der Waals surface area contributed by atoms with Gasteiger partial charge < -0.3 is 19.9 Å². The molecule has 7 heteroatoms. The van der Waals surface area contributed by atoms with Gasteiger partial charge in [-0.05, 0) is 48.7 Å². The van der Waals surface area contributed by atoms with Gasteiger partial charge in [-0.15, -0.1) is 0 Å². The number of amides is 2. The van der Waals surface area contributed by atoms with E-state index >= 15 is 0 Å². The molecule has 0 bridgehead atoms. The van der Waals surface area contributed by atoms with E-state index in [0.29, 0.717) is 32.4 Å². The minimum atomic E-state index is -0.0196. The van der Waals surface area contributed by atoms with Gasteiger partial charge in [0.05, 0.1) is 24.2 Å². The molecule has 0 unspecified atom stereocenters. The lowest BCUT2D eigenvalue weighted by Crippen LogP contribution is -2.24. The number of ether oxygens (including phenoxy) is 1. The number of anilines is 1. The highest BCUT2D eigenvalue weighted by Crippen LogP contribution is 2.26. The molecule has 7 nitrogen and oxygen atoms in total. The topological polar surface area (TPSA) is 85.2 Å². The van der Waals surface area contributed by atoms with Gasteiger partial charge in [0, 0.05) is 25.6 Å². The number of carbonyl (C=O) groups excluding carboxylic acids is 2. The Morgan fingerprint density at radius 2 is 2.10 bits per heavy atom. The molecule has 0 fully saturated rings. The van der Waals surface area contributed by atoms with Gasteiger partial charge in [0.2, 0.25) is 11.8 Å². The van der Waals surface area contributed by atoms with E-state index in [1.807, 2.05) is 54.1 Å². The predicted molar refractivity (Wildman–Crippen MR) is 111 cm³/mol. The average Bonchev–Trinajstić information content (AvgIpc) is 3.05. The largest absolute Gasteiger partial charge is 0.494 e. The van der Waals surface area contributed by atoms with Crippen molar-refractivity contribution in [2.45, 2.75) is 32.2 Å². The summed E-state index contributed by atoms with van der Waals surface area (Å²) in [5.74, 6) is 1.63. The molecule has 3 aromatic rings. The van der Waals surface area contributed by atoms with Gasteiger partial charge in [-0.3, -0.25) is 9.59 Å². The van der Waals surface area contributed by atoms with Gasteiger partial charge in [-0.25, -0.2) is 4.98 Å². The van der Waals surface area contributed by atoms with Gasteiger partial charge >= 0.3 is 0 Å². The van der Waals surface area contributed by atoms with E-state index in [9.17, 15) is 9.59 Å². The lowest BCUT2D eigenvalue weighted by Gasteiger charge is -2.17. The van der Waals surface area contributed by atoms with Crippen LogP contribution in [0.1, 0.15) is 30.7 Å². The minimum Gasteiger partial charge on any atom is -0.494 e. The van der Waals surface area contributed by atoms with E-state index in [-0.39, 0.29) is 11.8 Å². The second-order valence-corrected chi connectivity index (χ2v) is 7.17. The smallest absolute Gasteiger partial charge is 0.224 e. The summed E-state index contributed by atoms with van der Waals surface area (Å²) in [4.78, 5) is 28.1. The molecule has 4 rings (SSSR count). The van der Waals surface area contributed by atoms with Crippen molar-refractivity contribution in [3.05, 3.63) is 53.9 Å². The molecule has 0 radical (unpaired) electrons. The maximum atomic E-state index is 12.1. The Hall–Kier alpha value is -3.35. The summed E-state index contributed by atoms with van der Waals surface area (Å²) in [6.07, 6.45) is 2.25. The molecule has 0 saturated heterocycles. The molecule has 0 atom stereocenters. The number of hydrogen-bond acceptors (Lipinski definition) is 4. The summed E-state index contributed by atoms with van der Waals surface area (Å²) in [6.45, 7) is 0.867. The molecule has 150 valence electrons. The van der Waals surface area contributed by atoms with Gasteiger partial charge in [0.25, 0.3) is 0 Å². The summed E-state index contributed by atoms with van der Waals surface area (Å²) in [5, 5.41) is 5.78. The highest BCUT2D eigenvalue weighted by atomic mass is 16.5. The zero-order valence-electron chi connectivity index (χ0n) is 16.4. The molecule has 1 aliphatic rings. The number of para-hydroxylation sites is 2. The van der Waals surface area contributed by atoms with Crippen molar-refractivity contribution in [2.75, 3.05) is 11.9 Å². The third-order valence-corrected chi connectivity index (χ3v) is 5.11. The van der Waals surface area contributed by atoms with Crippen LogP contribution in [0.2, 0.25) is 0 Å². The van der Waals surface area contributed by atoms with E-state index in [2.05, 4.69) is 15.6 Å². The van der Waals surface area contributed by atoms with Gasteiger partial charge in [-0.1, -0.05) is 12.1 Å². The Labute approximate surface area is 169 Å². The number of hydrogen-bond donors (Lipinski definition) is 2. The fourth-order valence-corrected chi connectivity index (χ4v) is 3.49. The van der Waals surface area contributed by atoms with Crippen molar-refractivity contribution in [1.29, 1.82) is 0 Å². The predicted octanol–water partition coefficient (Wildman–Crippen LogP) is 2.93. The second-order valence-electron chi connectivity index (χ2n) is 7.17. The number of nitrogens with zero attached hydrogens (tertiary/aromatic N) is 2. The maximum absolute atomic E-state index is 12.1. The SMILES string of the molecule is Cn1c(CNC(=O)CCCOc2ccc3c(c2)CCC(=O)N3)nc2ccccc21. The zero-order valence-corrected chi connectivity index (χ0v) is 16.4. The number of nitrogens with one attached hydrogen (secondary N) is 2. The minimum absolute atomic E-state index is 0.0196. The molecule has 29 heavy (non-hydrogen) atoms. The summed E-state index contributed by atoms with van der Waals surface area (Å²) < 4.78 is 7.76. The first-order chi connectivity index (χ1) is 14.1. The Kier molecular flexibility index (Phi) is 5.46. The van der Waals surface area contributed by atoms with E-state index in [1.165, 1.54) is 0 Å². The lowest BCUT2D eigenvalue weighted by atomic mass is 10.0. The first-order valence-electron chi connectivity index (χ1n) is 9.83. The van der Waals surface area contributed by atoms with Crippen molar-refractivity contribution >= 4 is 28.5 Å². The van der Waals surface area contributed by atoms with Crippen LogP contribution in [0.4, 0.5) is 5.69 Å². The summed E-state index contributed by atoms with van der Waals surface area (Å²) >= 11 is 0. The zero-order chi connectivity index (χ0) is 20.2. The third kappa shape index (κ3) is 4.39. The molecule has 0 saturated carbocycles. The van der Waals surface area contributed by atoms with Gasteiger partial charge in [0.1, 0.15) is 11.6 Å². The average molecular weight is 392 g/mol. The van der Waals surface area contributed by atoms with Crippen LogP contribution in [-0.4, -0.2) is 28.0 Å². The van der Waals surface area contributed by atoms with E-state index in [0.717, 1.165) is 40.3 Å². The quantitative estimate of drug-likeness (QED) is 0.606. The van der Waals surface area contributed by atoms with Crippen molar-refractivity contribution in [1.82, 2.24) is 14.9 Å². The molecule has 2 heterocycles. The molecule has 1 aromatic heterocycles. The number of fused-ring (bicyclic) bond motifs is 2. The van der Waals surface area contributed by atoms with Crippen molar-refractivity contribution in [2.24, 2.45) is 7.05 Å². The van der Waals surface area contributed by atoms with Crippen LogP contribution >= 0.6 is 0 Å². The second kappa shape index (κ2) is 8.34. The molecule has 0 aliphatic carbocycles. The molecule has 0 spiro atoms. The molecule has 2 amide bonds. The Morgan fingerprint density at radius 3 is 2.97 bits per heavy atom. The maximum Gasteiger partial charge on any atom is 0.224 e. The van der Waals surface area contributed by atoms with Crippen LogP contribution in [0.3, 0.4) is 0 Å². The van der Waals surface area contributed by atoms with Crippen molar-refractivity contribution < 1.29 is 14.3 Å². The summed E-state index contributed by atoms with van der Waals surface area (Å²) in [6, 6.07) is 13.6. The molecular weight excluding hydrogens is 368 g/mol. The van der Waals surface area contributed by atoms with Crippen molar-refractivity contribution in [3.63, 3.8) is 0 Å². The Balaban J connectivity index is 1.21. The third-order valence-electron chi connectivity index (χ3n) is 5.11. The normalized spacial score (nSPS) is 13.1. The number of aryl methyl sites for hydroxylation is 2. The first-order valence-corrected chi connectivity index (χ1v) is 9.83. The number of benzene rings is 2. The van der Waals surface area contributed by atoms with Crippen LogP contribution in [0.25, 0.3) is 11.0 Å². The van der Waals surface area contributed by atoms with E-state index < -0.39 is 0 Å². The summed E-state index contributed by atoms with van der Waals surface area (Å²) in [7, 11) is 1.95. The fourth-order valence-electron chi connectivity index (χ4n) is 3.49. The van der Waals surface area contributed by atoms with Crippen LogP contribution in [0.5, 0.6) is 5.75 Å². The number of aromatic nitrogens is 2. The highest BCUT2D eigenvalue weighted by Gasteiger charge is 2.15. The summed E-state index contributed by atoms with van der Waals surface area (Å²) in [5.41, 5.74) is 3.92. The van der Waals surface area contributed by atoms with Crippen LogP contribution in [0.15, 0.2) is 42.5 Å². The van der Waals surface area contributed by atoms with Gasteiger partial charge in [-0.2, -0.15) is 0 Å². The number of imidazole rings is 1. The highest BCUT2D eigenvalue weighted by molar-refractivity contribution is 5.94. The Bertz CT molecular complexity index is 1060. The standard InChI is InChI=1S/C22H24N4O3/c1-26-19-6-3-2-5-18(19)24-20(26)14-23-21(27)7-4-12-29-16-9-10-17-15(13-16)8-11-22(28)25-17/h2-3,5-6,9-10,13H,4,7-8,11-12,14H2,1H3,(H,23,27)(H,25,28). The number of carbonyl (C=O) groups is 2. The van der Waals surface area contributed by atoms with Crippen LogP contribution < -0.4 is 15.4 Å². The van der Waals surface area contributed by atoms with Gasteiger partial charge in [0.15, 0.2) is 0 Å². The number of rotatable bonds is 7. The van der Waals surface area contributed by atoms with Crippen molar-refractivity contribution in [3.8, 4) is 5.75 Å². The van der Waals surface area contributed by atoms with E-state index in [1.54, 1.807) is 0 Å². The molecule has 2 aromatic carbocycles. The molecule has 1 aliphatic heterocycles. The molecule has 2 N–H and O–H groups in total. The fraction of sp³-hybridized carbons (Fsp3) is 0.318. The lowest BCUT2D eigenvalue weighted by molar-refractivity contribution is -0.121.